The molecular formula is C15H19F2NO3. The van der Waals surface area contributed by atoms with Crippen molar-refractivity contribution < 1.29 is 23.0 Å². The van der Waals surface area contributed by atoms with E-state index in [0.717, 1.165) is 0 Å². The highest BCUT2D eigenvalue weighted by atomic mass is 19.3. The SMILES string of the molecule is CCN(CC)C(=O)/C=C/c1ccc(OC(F)F)c(OC)c1. The number of hydrogen-bond donors (Lipinski definition) is 0. The highest BCUT2D eigenvalue weighted by Crippen LogP contribution is 2.29. The molecule has 0 unspecified atom stereocenters. The summed E-state index contributed by atoms with van der Waals surface area (Å²) in [7, 11) is 1.36. The fraction of sp³-hybridized carbons (Fsp3) is 0.400. The van der Waals surface area contributed by atoms with Crippen LogP contribution < -0.4 is 9.47 Å². The molecular weight excluding hydrogens is 280 g/mol. The van der Waals surface area contributed by atoms with Crippen LogP contribution in [0.15, 0.2) is 24.3 Å². The second-order valence-corrected chi connectivity index (χ2v) is 4.13. The highest BCUT2D eigenvalue weighted by Gasteiger charge is 2.10. The predicted molar refractivity (Wildman–Crippen MR) is 76.6 cm³/mol. The van der Waals surface area contributed by atoms with Crippen molar-refractivity contribution in [3.8, 4) is 11.5 Å². The number of nitrogens with zero attached hydrogens (tertiary/aromatic N) is 1. The first-order chi connectivity index (χ1) is 10.0. The number of alkyl halides is 2. The van der Waals surface area contributed by atoms with Gasteiger partial charge in [0, 0.05) is 19.2 Å². The fourth-order valence-electron chi connectivity index (χ4n) is 1.79. The molecule has 21 heavy (non-hydrogen) atoms. The van der Waals surface area contributed by atoms with Gasteiger partial charge in [-0.25, -0.2) is 0 Å². The van der Waals surface area contributed by atoms with E-state index in [-0.39, 0.29) is 17.4 Å². The zero-order chi connectivity index (χ0) is 15.8. The van der Waals surface area contributed by atoms with Crippen LogP contribution in [-0.2, 0) is 4.79 Å². The molecule has 0 aliphatic rings. The minimum atomic E-state index is -2.91. The lowest BCUT2D eigenvalue weighted by molar-refractivity contribution is -0.125. The number of rotatable bonds is 7. The number of hydrogen-bond acceptors (Lipinski definition) is 3. The first-order valence-corrected chi connectivity index (χ1v) is 6.61. The minimum absolute atomic E-state index is 0.0419. The number of amides is 1. The van der Waals surface area contributed by atoms with Gasteiger partial charge in [0.15, 0.2) is 11.5 Å². The normalized spacial score (nSPS) is 11.0. The van der Waals surface area contributed by atoms with Gasteiger partial charge >= 0.3 is 6.61 Å². The summed E-state index contributed by atoms with van der Waals surface area (Å²) in [6.07, 6.45) is 3.05. The standard InChI is InChI=1S/C15H19F2NO3/c1-4-18(5-2)14(19)9-7-11-6-8-12(21-15(16)17)13(10-11)20-3/h6-10,15H,4-5H2,1-3H3/b9-7+. The maximum atomic E-state index is 12.2. The summed E-state index contributed by atoms with van der Waals surface area (Å²) >= 11 is 0. The zero-order valence-electron chi connectivity index (χ0n) is 12.3. The molecule has 0 fully saturated rings. The van der Waals surface area contributed by atoms with Gasteiger partial charge in [0.1, 0.15) is 0 Å². The smallest absolute Gasteiger partial charge is 0.387 e. The van der Waals surface area contributed by atoms with Crippen LogP contribution in [0.4, 0.5) is 8.78 Å². The highest BCUT2D eigenvalue weighted by molar-refractivity contribution is 5.91. The summed E-state index contributed by atoms with van der Waals surface area (Å²) in [5.41, 5.74) is 0.661. The van der Waals surface area contributed by atoms with E-state index in [1.807, 2.05) is 13.8 Å². The van der Waals surface area contributed by atoms with Gasteiger partial charge in [0.25, 0.3) is 0 Å². The first kappa shape index (κ1) is 16.9. The minimum Gasteiger partial charge on any atom is -0.493 e. The largest absolute Gasteiger partial charge is 0.493 e. The summed E-state index contributed by atoms with van der Waals surface area (Å²) in [6, 6.07) is 4.49. The maximum Gasteiger partial charge on any atom is 0.387 e. The van der Waals surface area contributed by atoms with Crippen LogP contribution in [0.5, 0.6) is 11.5 Å². The predicted octanol–water partition coefficient (Wildman–Crippen LogP) is 3.18. The third-order valence-electron chi connectivity index (χ3n) is 2.90. The molecule has 0 atom stereocenters. The van der Waals surface area contributed by atoms with E-state index in [2.05, 4.69) is 4.74 Å². The Kier molecular flexibility index (Phi) is 6.65. The summed E-state index contributed by atoms with van der Waals surface area (Å²) in [4.78, 5) is 13.5. The molecule has 0 saturated carbocycles. The Morgan fingerprint density at radius 3 is 2.48 bits per heavy atom. The second kappa shape index (κ2) is 8.24. The average molecular weight is 299 g/mol. The van der Waals surface area contributed by atoms with E-state index in [4.69, 9.17) is 4.74 Å². The average Bonchev–Trinajstić information content (AvgIpc) is 2.46. The Labute approximate surface area is 123 Å². The topological polar surface area (TPSA) is 38.8 Å². The zero-order valence-corrected chi connectivity index (χ0v) is 12.3. The molecule has 1 aromatic carbocycles. The molecule has 1 amide bonds. The molecule has 116 valence electrons. The van der Waals surface area contributed by atoms with E-state index in [1.54, 1.807) is 17.0 Å². The van der Waals surface area contributed by atoms with Gasteiger partial charge in [0.2, 0.25) is 5.91 Å². The molecule has 6 heteroatoms. The van der Waals surface area contributed by atoms with Crippen LogP contribution in [0.3, 0.4) is 0 Å². The lowest BCUT2D eigenvalue weighted by Gasteiger charge is -2.15. The molecule has 0 bridgehead atoms. The lowest BCUT2D eigenvalue weighted by atomic mass is 10.2. The van der Waals surface area contributed by atoms with Crippen LogP contribution in [0.25, 0.3) is 6.08 Å². The van der Waals surface area contributed by atoms with Gasteiger partial charge in [-0.15, -0.1) is 0 Å². The molecule has 0 aliphatic heterocycles. The van der Waals surface area contributed by atoms with Crippen molar-refractivity contribution in [2.45, 2.75) is 20.5 Å². The molecule has 0 N–H and O–H groups in total. The Balaban J connectivity index is 2.87. The summed E-state index contributed by atoms with van der Waals surface area (Å²) in [5.74, 6) is 0.0410. The van der Waals surface area contributed by atoms with Crippen LogP contribution in [-0.4, -0.2) is 37.6 Å². The van der Waals surface area contributed by atoms with Crippen molar-refractivity contribution in [3.05, 3.63) is 29.8 Å². The van der Waals surface area contributed by atoms with Crippen LogP contribution in [0.1, 0.15) is 19.4 Å². The van der Waals surface area contributed by atoms with E-state index in [0.29, 0.717) is 18.7 Å². The Morgan fingerprint density at radius 1 is 1.29 bits per heavy atom. The molecule has 0 saturated heterocycles. The summed E-state index contributed by atoms with van der Waals surface area (Å²) in [5, 5.41) is 0. The Morgan fingerprint density at radius 2 is 1.95 bits per heavy atom. The van der Waals surface area contributed by atoms with E-state index >= 15 is 0 Å². The molecule has 0 aromatic heterocycles. The van der Waals surface area contributed by atoms with Gasteiger partial charge in [-0.05, 0) is 37.6 Å². The van der Waals surface area contributed by atoms with Gasteiger partial charge in [-0.2, -0.15) is 8.78 Å². The van der Waals surface area contributed by atoms with Crippen LogP contribution >= 0.6 is 0 Å². The molecule has 0 spiro atoms. The van der Waals surface area contributed by atoms with Gasteiger partial charge in [0.05, 0.1) is 7.11 Å². The summed E-state index contributed by atoms with van der Waals surface area (Å²) in [6.45, 7) is 2.14. The number of carbonyl (C=O) groups excluding carboxylic acids is 1. The molecule has 4 nitrogen and oxygen atoms in total. The number of carbonyl (C=O) groups is 1. The summed E-state index contributed by atoms with van der Waals surface area (Å²) < 4.78 is 33.8. The molecule has 0 heterocycles. The molecule has 0 aliphatic carbocycles. The second-order valence-electron chi connectivity index (χ2n) is 4.13. The number of halogens is 2. The van der Waals surface area contributed by atoms with Crippen molar-refractivity contribution in [2.24, 2.45) is 0 Å². The number of methoxy groups -OCH3 is 1. The number of likely N-dealkylation sites (N-methyl/N-ethyl adjacent to an activating group) is 1. The van der Waals surface area contributed by atoms with Gasteiger partial charge < -0.3 is 14.4 Å². The fourth-order valence-corrected chi connectivity index (χ4v) is 1.79. The van der Waals surface area contributed by atoms with Crippen LogP contribution in [0, 0.1) is 0 Å². The quantitative estimate of drug-likeness (QED) is 0.726. The third kappa shape index (κ3) is 5.06. The van der Waals surface area contributed by atoms with Crippen molar-refractivity contribution >= 4 is 12.0 Å². The Bertz CT molecular complexity index is 500. The van der Waals surface area contributed by atoms with Crippen molar-refractivity contribution in [2.75, 3.05) is 20.2 Å². The first-order valence-electron chi connectivity index (χ1n) is 6.61. The van der Waals surface area contributed by atoms with Gasteiger partial charge in [-0.1, -0.05) is 6.07 Å². The molecule has 1 aromatic rings. The lowest BCUT2D eigenvalue weighted by Crippen LogP contribution is -2.28. The van der Waals surface area contributed by atoms with E-state index in [9.17, 15) is 13.6 Å². The van der Waals surface area contributed by atoms with E-state index < -0.39 is 6.61 Å². The van der Waals surface area contributed by atoms with Crippen molar-refractivity contribution in [3.63, 3.8) is 0 Å². The Hall–Kier alpha value is -2.11. The molecule has 0 radical (unpaired) electrons. The third-order valence-corrected chi connectivity index (χ3v) is 2.90. The van der Waals surface area contributed by atoms with E-state index in [1.165, 1.54) is 25.3 Å². The number of ether oxygens (including phenoxy) is 2. The van der Waals surface area contributed by atoms with Gasteiger partial charge in [-0.3, -0.25) is 4.79 Å². The van der Waals surface area contributed by atoms with Crippen molar-refractivity contribution in [1.82, 2.24) is 4.90 Å². The maximum absolute atomic E-state index is 12.2. The number of benzene rings is 1. The molecule has 1 rings (SSSR count). The van der Waals surface area contributed by atoms with Crippen LogP contribution in [0.2, 0.25) is 0 Å². The van der Waals surface area contributed by atoms with Crippen molar-refractivity contribution in [1.29, 1.82) is 0 Å². The monoisotopic (exact) mass is 299 g/mol.